The first-order chi connectivity index (χ1) is 9.38. The number of hydrogen-bond donors (Lipinski definition) is 1. The predicted molar refractivity (Wildman–Crippen MR) is 83.0 cm³/mol. The number of nitrogens with one attached hydrogen (secondary N) is 1. The molecule has 1 fully saturated rings. The average molecular weight is 315 g/mol. The number of sulfonamides is 1. The number of piperazine rings is 1. The van der Waals surface area contributed by atoms with Gasteiger partial charge in [-0.2, -0.15) is 4.31 Å². The van der Waals surface area contributed by atoms with E-state index in [9.17, 15) is 8.42 Å². The summed E-state index contributed by atoms with van der Waals surface area (Å²) in [5.41, 5.74) is 0.814. The Kier molecular flexibility index (Phi) is 4.86. The second-order valence-corrected chi connectivity index (χ2v) is 7.33. The fourth-order valence-electron chi connectivity index (χ4n) is 2.16. The van der Waals surface area contributed by atoms with E-state index in [1.807, 2.05) is 13.8 Å². The van der Waals surface area contributed by atoms with Crippen LogP contribution in [0.25, 0.3) is 6.08 Å². The zero-order valence-electron chi connectivity index (χ0n) is 11.6. The highest BCUT2D eigenvalue weighted by atomic mass is 35.5. The van der Waals surface area contributed by atoms with Crippen molar-refractivity contribution in [1.82, 2.24) is 9.62 Å². The molecule has 4 nitrogen and oxygen atoms in total. The Hall–Kier alpha value is -0.880. The van der Waals surface area contributed by atoms with Crippen LogP contribution in [-0.2, 0) is 10.0 Å². The minimum absolute atomic E-state index is 0.0360. The summed E-state index contributed by atoms with van der Waals surface area (Å²) in [6.45, 7) is 5.06. The summed E-state index contributed by atoms with van der Waals surface area (Å²) < 4.78 is 26.3. The molecule has 2 unspecified atom stereocenters. The third-order valence-corrected chi connectivity index (χ3v) is 5.23. The van der Waals surface area contributed by atoms with Crippen molar-refractivity contribution < 1.29 is 8.42 Å². The van der Waals surface area contributed by atoms with Gasteiger partial charge in [0, 0.05) is 35.6 Å². The Balaban J connectivity index is 2.15. The second-order valence-electron chi connectivity index (χ2n) is 5.13. The Labute approximate surface area is 125 Å². The van der Waals surface area contributed by atoms with Crippen LogP contribution in [0.15, 0.2) is 29.7 Å². The lowest BCUT2D eigenvalue weighted by Crippen LogP contribution is -2.55. The molecule has 1 aliphatic heterocycles. The lowest BCUT2D eigenvalue weighted by Gasteiger charge is -2.35. The lowest BCUT2D eigenvalue weighted by atomic mass is 10.2. The Morgan fingerprint density at radius 3 is 2.60 bits per heavy atom. The zero-order valence-corrected chi connectivity index (χ0v) is 13.2. The summed E-state index contributed by atoms with van der Waals surface area (Å²) in [7, 11) is -3.39. The third-order valence-electron chi connectivity index (χ3n) is 3.34. The molecular weight excluding hydrogens is 296 g/mol. The normalized spacial score (nSPS) is 25.1. The maximum absolute atomic E-state index is 12.4. The summed E-state index contributed by atoms with van der Waals surface area (Å²) >= 11 is 5.80. The van der Waals surface area contributed by atoms with Crippen molar-refractivity contribution >= 4 is 27.7 Å². The van der Waals surface area contributed by atoms with Gasteiger partial charge in [-0.25, -0.2) is 8.42 Å². The highest BCUT2D eigenvalue weighted by Crippen LogP contribution is 2.16. The summed E-state index contributed by atoms with van der Waals surface area (Å²) in [6, 6.07) is 7.19. The number of rotatable bonds is 3. The zero-order chi connectivity index (χ0) is 14.8. The second kappa shape index (κ2) is 6.26. The van der Waals surface area contributed by atoms with Gasteiger partial charge in [0.1, 0.15) is 0 Å². The van der Waals surface area contributed by atoms with Gasteiger partial charge in [-0.15, -0.1) is 0 Å². The molecule has 0 radical (unpaired) electrons. The molecule has 6 heteroatoms. The minimum Gasteiger partial charge on any atom is -0.311 e. The molecule has 0 saturated carbocycles. The highest BCUT2D eigenvalue weighted by molar-refractivity contribution is 7.92. The topological polar surface area (TPSA) is 49.4 Å². The van der Waals surface area contributed by atoms with Crippen LogP contribution in [0.5, 0.6) is 0 Å². The number of benzene rings is 1. The van der Waals surface area contributed by atoms with Crippen molar-refractivity contribution in [3.63, 3.8) is 0 Å². The molecule has 2 atom stereocenters. The SMILES string of the molecule is CC1CN(S(=O)(=O)C=Cc2ccc(Cl)cc2)C(C)CN1. The van der Waals surface area contributed by atoms with E-state index in [2.05, 4.69) is 5.32 Å². The third kappa shape index (κ3) is 3.82. The van der Waals surface area contributed by atoms with Gasteiger partial charge in [-0.1, -0.05) is 23.7 Å². The van der Waals surface area contributed by atoms with Gasteiger partial charge in [-0.3, -0.25) is 0 Å². The van der Waals surface area contributed by atoms with E-state index in [-0.39, 0.29) is 12.1 Å². The van der Waals surface area contributed by atoms with Crippen LogP contribution in [0.4, 0.5) is 0 Å². The standard InChI is InChI=1S/C14H19ClN2O2S/c1-11-10-17(12(2)9-16-11)20(18,19)8-7-13-3-5-14(15)6-4-13/h3-8,11-12,16H,9-10H2,1-2H3. The molecule has 2 rings (SSSR count). The molecule has 1 aromatic rings. The number of hydrogen-bond acceptors (Lipinski definition) is 3. The Bertz CT molecular complexity index is 584. The van der Waals surface area contributed by atoms with Gasteiger partial charge >= 0.3 is 0 Å². The van der Waals surface area contributed by atoms with Gasteiger partial charge in [0.15, 0.2) is 0 Å². The maximum atomic E-state index is 12.4. The molecular formula is C14H19ClN2O2S. The predicted octanol–water partition coefficient (Wildman–Crippen LogP) is 2.32. The Morgan fingerprint density at radius 1 is 1.30 bits per heavy atom. The molecule has 1 N–H and O–H groups in total. The van der Waals surface area contributed by atoms with Crippen LogP contribution < -0.4 is 5.32 Å². The fourth-order valence-corrected chi connectivity index (χ4v) is 3.78. The first-order valence-electron chi connectivity index (χ1n) is 6.57. The van der Waals surface area contributed by atoms with Crippen LogP contribution in [-0.4, -0.2) is 37.9 Å². The molecule has 110 valence electrons. The van der Waals surface area contributed by atoms with Crippen LogP contribution >= 0.6 is 11.6 Å². The van der Waals surface area contributed by atoms with Crippen molar-refractivity contribution in [3.8, 4) is 0 Å². The summed E-state index contributed by atoms with van der Waals surface area (Å²) in [4.78, 5) is 0. The fraction of sp³-hybridized carbons (Fsp3) is 0.429. The van der Waals surface area contributed by atoms with Gasteiger partial charge in [0.05, 0.1) is 0 Å². The van der Waals surface area contributed by atoms with Crippen LogP contribution in [0.3, 0.4) is 0 Å². The minimum atomic E-state index is -3.39. The van der Waals surface area contributed by atoms with Crippen LogP contribution in [0.1, 0.15) is 19.4 Å². The van der Waals surface area contributed by atoms with Crippen molar-refractivity contribution in [1.29, 1.82) is 0 Å². The van der Waals surface area contributed by atoms with Crippen molar-refractivity contribution in [2.75, 3.05) is 13.1 Å². The summed E-state index contributed by atoms with van der Waals surface area (Å²) in [5, 5.41) is 5.17. The summed E-state index contributed by atoms with van der Waals surface area (Å²) in [5.74, 6) is 0. The van der Waals surface area contributed by atoms with Crippen molar-refractivity contribution in [2.45, 2.75) is 25.9 Å². The van der Waals surface area contributed by atoms with Crippen LogP contribution in [0.2, 0.25) is 5.02 Å². The molecule has 0 bridgehead atoms. The van der Waals surface area contributed by atoms with E-state index in [0.717, 1.165) is 5.56 Å². The number of nitrogens with zero attached hydrogens (tertiary/aromatic N) is 1. The molecule has 20 heavy (non-hydrogen) atoms. The molecule has 1 aliphatic rings. The number of halogens is 1. The van der Waals surface area contributed by atoms with Gasteiger partial charge in [0.25, 0.3) is 0 Å². The first kappa shape index (κ1) is 15.5. The lowest BCUT2D eigenvalue weighted by molar-refractivity contribution is 0.247. The monoisotopic (exact) mass is 314 g/mol. The van der Waals surface area contributed by atoms with Gasteiger partial charge in [0.2, 0.25) is 10.0 Å². The summed E-state index contributed by atoms with van der Waals surface area (Å²) in [6.07, 6.45) is 1.60. The van der Waals surface area contributed by atoms with E-state index >= 15 is 0 Å². The quantitative estimate of drug-likeness (QED) is 0.931. The molecule has 1 saturated heterocycles. The van der Waals surface area contributed by atoms with Crippen molar-refractivity contribution in [3.05, 3.63) is 40.3 Å². The Morgan fingerprint density at radius 2 is 1.95 bits per heavy atom. The van der Waals surface area contributed by atoms with E-state index in [1.165, 1.54) is 5.41 Å². The van der Waals surface area contributed by atoms with E-state index in [0.29, 0.717) is 18.1 Å². The first-order valence-corrected chi connectivity index (χ1v) is 8.45. The molecule has 1 heterocycles. The van der Waals surface area contributed by atoms with Crippen molar-refractivity contribution in [2.24, 2.45) is 0 Å². The van der Waals surface area contributed by atoms with E-state index in [4.69, 9.17) is 11.6 Å². The van der Waals surface area contributed by atoms with E-state index < -0.39 is 10.0 Å². The van der Waals surface area contributed by atoms with Crippen LogP contribution in [0, 0.1) is 0 Å². The smallest absolute Gasteiger partial charge is 0.236 e. The largest absolute Gasteiger partial charge is 0.311 e. The molecule has 0 amide bonds. The average Bonchev–Trinajstić information content (AvgIpc) is 2.41. The van der Waals surface area contributed by atoms with E-state index in [1.54, 1.807) is 34.6 Å². The van der Waals surface area contributed by atoms with Gasteiger partial charge in [-0.05, 0) is 37.6 Å². The van der Waals surface area contributed by atoms with Gasteiger partial charge < -0.3 is 5.32 Å². The molecule has 0 spiro atoms. The molecule has 1 aromatic carbocycles. The maximum Gasteiger partial charge on any atom is 0.236 e. The molecule has 0 aromatic heterocycles. The highest BCUT2D eigenvalue weighted by Gasteiger charge is 2.30. The molecule has 0 aliphatic carbocycles.